The van der Waals surface area contributed by atoms with Gasteiger partial charge >= 0.3 is 0 Å². The summed E-state index contributed by atoms with van der Waals surface area (Å²) in [5.41, 5.74) is 5.82. The largest absolute Gasteiger partial charge is 0.368 e. The highest BCUT2D eigenvalue weighted by Gasteiger charge is 2.22. The Morgan fingerprint density at radius 3 is 2.39 bits per heavy atom. The van der Waals surface area contributed by atoms with Gasteiger partial charge in [-0.15, -0.1) is 0 Å². The fourth-order valence-corrected chi connectivity index (χ4v) is 4.25. The number of carbonyl (C=O) groups is 3. The Morgan fingerprint density at radius 1 is 1.13 bits per heavy atom. The third-order valence-electron chi connectivity index (χ3n) is 4.34. The van der Waals surface area contributed by atoms with E-state index in [1.54, 1.807) is 6.07 Å². The molecule has 10 heteroatoms. The molecule has 0 aliphatic heterocycles. The summed E-state index contributed by atoms with van der Waals surface area (Å²) in [4.78, 5) is 35.8. The standard InChI is InChI=1S/C21H24FN3O5S/c1-3-6-21(28)25(13-20(23)27)12-16-10-9-15(11-18(16)22)17-7-4-5-8-19(17)31(29,30)24-14(2)26/h4-5,7-11H,3,6,12-13H2,1-2H3,(H2,23,27)(H,24,26). The van der Waals surface area contributed by atoms with E-state index in [0.29, 0.717) is 6.42 Å². The summed E-state index contributed by atoms with van der Waals surface area (Å²) in [5, 5.41) is 0. The van der Waals surface area contributed by atoms with Gasteiger partial charge in [-0.2, -0.15) is 0 Å². The normalized spacial score (nSPS) is 11.1. The van der Waals surface area contributed by atoms with Gasteiger partial charge in [-0.1, -0.05) is 37.3 Å². The van der Waals surface area contributed by atoms with Gasteiger partial charge in [-0.05, 0) is 24.1 Å². The quantitative estimate of drug-likeness (QED) is 0.605. The Labute approximate surface area is 180 Å². The second-order valence-corrected chi connectivity index (χ2v) is 8.58. The van der Waals surface area contributed by atoms with Gasteiger partial charge in [-0.25, -0.2) is 17.5 Å². The Kier molecular flexibility index (Phi) is 7.87. The molecular formula is C21H24FN3O5S. The van der Waals surface area contributed by atoms with E-state index in [9.17, 15) is 27.2 Å². The zero-order chi connectivity index (χ0) is 23.2. The van der Waals surface area contributed by atoms with Crippen molar-refractivity contribution in [1.82, 2.24) is 9.62 Å². The maximum Gasteiger partial charge on any atom is 0.264 e. The van der Waals surface area contributed by atoms with Crippen LogP contribution < -0.4 is 10.5 Å². The van der Waals surface area contributed by atoms with Crippen molar-refractivity contribution >= 4 is 27.7 Å². The molecule has 0 saturated carbocycles. The van der Waals surface area contributed by atoms with Crippen molar-refractivity contribution in [1.29, 1.82) is 0 Å². The topological polar surface area (TPSA) is 127 Å². The number of primary amides is 1. The lowest BCUT2D eigenvalue weighted by atomic mass is 10.0. The van der Waals surface area contributed by atoms with Gasteiger partial charge in [0, 0.05) is 31.0 Å². The lowest BCUT2D eigenvalue weighted by Gasteiger charge is -2.21. The Balaban J connectivity index is 2.40. The second kappa shape index (κ2) is 10.2. The first-order chi connectivity index (χ1) is 14.5. The first-order valence-electron chi connectivity index (χ1n) is 9.52. The first-order valence-corrected chi connectivity index (χ1v) is 11.0. The minimum atomic E-state index is -4.14. The molecule has 3 amide bonds. The van der Waals surface area contributed by atoms with E-state index in [2.05, 4.69) is 0 Å². The van der Waals surface area contributed by atoms with Crippen molar-refractivity contribution < 1.29 is 27.2 Å². The summed E-state index contributed by atoms with van der Waals surface area (Å²) in [6.07, 6.45) is 0.760. The second-order valence-electron chi connectivity index (χ2n) is 6.93. The van der Waals surface area contributed by atoms with Gasteiger partial charge in [0.25, 0.3) is 10.0 Å². The Bertz CT molecular complexity index is 1100. The number of hydrogen-bond donors (Lipinski definition) is 2. The molecule has 0 radical (unpaired) electrons. The molecule has 166 valence electrons. The molecule has 2 aromatic carbocycles. The van der Waals surface area contributed by atoms with Gasteiger partial charge in [0.2, 0.25) is 17.7 Å². The zero-order valence-electron chi connectivity index (χ0n) is 17.2. The monoisotopic (exact) mass is 449 g/mol. The van der Waals surface area contributed by atoms with E-state index >= 15 is 0 Å². The average Bonchev–Trinajstić information content (AvgIpc) is 2.67. The van der Waals surface area contributed by atoms with Gasteiger partial charge < -0.3 is 10.6 Å². The molecule has 0 heterocycles. The molecule has 0 aliphatic rings. The third-order valence-corrected chi connectivity index (χ3v) is 5.83. The lowest BCUT2D eigenvalue weighted by Crippen LogP contribution is -2.38. The van der Waals surface area contributed by atoms with Crippen molar-refractivity contribution in [2.24, 2.45) is 5.73 Å². The van der Waals surface area contributed by atoms with Gasteiger partial charge in [-0.3, -0.25) is 14.4 Å². The van der Waals surface area contributed by atoms with E-state index in [1.807, 2.05) is 11.6 Å². The molecule has 0 saturated heterocycles. The van der Waals surface area contributed by atoms with Crippen LogP contribution in [0.3, 0.4) is 0 Å². The molecule has 8 nitrogen and oxygen atoms in total. The number of nitrogens with zero attached hydrogens (tertiary/aromatic N) is 1. The molecule has 0 unspecified atom stereocenters. The Hall–Kier alpha value is -3.27. The highest BCUT2D eigenvalue weighted by Crippen LogP contribution is 2.29. The van der Waals surface area contributed by atoms with Crippen LogP contribution in [-0.4, -0.2) is 37.6 Å². The Morgan fingerprint density at radius 2 is 1.81 bits per heavy atom. The van der Waals surface area contributed by atoms with Crippen LogP contribution in [0.5, 0.6) is 0 Å². The molecule has 0 bridgehead atoms. The summed E-state index contributed by atoms with van der Waals surface area (Å²) in [5.74, 6) is -2.46. The number of benzene rings is 2. The highest BCUT2D eigenvalue weighted by atomic mass is 32.2. The van der Waals surface area contributed by atoms with Crippen LogP contribution in [0.2, 0.25) is 0 Å². The lowest BCUT2D eigenvalue weighted by molar-refractivity contribution is -0.135. The fraction of sp³-hybridized carbons (Fsp3) is 0.286. The molecule has 3 N–H and O–H groups in total. The number of nitrogens with two attached hydrogens (primary N) is 1. The van der Waals surface area contributed by atoms with Gasteiger partial charge in [0.15, 0.2) is 0 Å². The summed E-state index contributed by atoms with van der Waals surface area (Å²) in [7, 11) is -4.14. The fourth-order valence-electron chi connectivity index (χ4n) is 3.02. The van der Waals surface area contributed by atoms with Crippen molar-refractivity contribution in [3.63, 3.8) is 0 Å². The van der Waals surface area contributed by atoms with Gasteiger partial charge in [0.1, 0.15) is 5.82 Å². The van der Waals surface area contributed by atoms with E-state index in [1.165, 1.54) is 35.2 Å². The average molecular weight is 450 g/mol. The third kappa shape index (κ3) is 6.35. The summed E-state index contributed by atoms with van der Waals surface area (Å²) in [6, 6.07) is 9.95. The van der Waals surface area contributed by atoms with Crippen molar-refractivity contribution in [3.8, 4) is 11.1 Å². The summed E-state index contributed by atoms with van der Waals surface area (Å²) in [6.45, 7) is 2.39. The molecule has 0 aliphatic carbocycles. The number of nitrogens with one attached hydrogen (secondary N) is 1. The van der Waals surface area contributed by atoms with Crippen LogP contribution >= 0.6 is 0 Å². The molecule has 0 atom stereocenters. The van der Waals surface area contributed by atoms with Crippen LogP contribution in [0.4, 0.5) is 4.39 Å². The maximum absolute atomic E-state index is 14.8. The number of halogens is 1. The maximum atomic E-state index is 14.8. The van der Waals surface area contributed by atoms with Crippen LogP contribution in [0.15, 0.2) is 47.4 Å². The van der Waals surface area contributed by atoms with Gasteiger partial charge in [0.05, 0.1) is 11.4 Å². The number of amides is 3. The van der Waals surface area contributed by atoms with E-state index < -0.39 is 27.7 Å². The molecule has 0 aromatic heterocycles. The summed E-state index contributed by atoms with van der Waals surface area (Å²) >= 11 is 0. The molecule has 2 aromatic rings. The van der Waals surface area contributed by atoms with Crippen LogP contribution in [0.1, 0.15) is 32.3 Å². The highest BCUT2D eigenvalue weighted by molar-refractivity contribution is 7.90. The van der Waals surface area contributed by atoms with Crippen molar-refractivity contribution in [2.45, 2.75) is 38.1 Å². The molecule has 0 fully saturated rings. The number of sulfonamides is 1. The SMILES string of the molecule is CCCC(=O)N(CC(N)=O)Cc1ccc(-c2ccccc2S(=O)(=O)NC(C)=O)cc1F. The van der Waals surface area contributed by atoms with E-state index in [0.717, 1.165) is 13.0 Å². The number of carbonyl (C=O) groups excluding carboxylic acids is 3. The molecular weight excluding hydrogens is 425 g/mol. The molecule has 2 rings (SSSR count). The minimum absolute atomic E-state index is 0.150. The smallest absolute Gasteiger partial charge is 0.264 e. The van der Waals surface area contributed by atoms with Crippen molar-refractivity contribution in [2.75, 3.05) is 6.54 Å². The summed E-state index contributed by atoms with van der Waals surface area (Å²) < 4.78 is 41.7. The molecule has 31 heavy (non-hydrogen) atoms. The minimum Gasteiger partial charge on any atom is -0.368 e. The van der Waals surface area contributed by atoms with Crippen molar-refractivity contribution in [3.05, 3.63) is 53.8 Å². The van der Waals surface area contributed by atoms with E-state index in [-0.39, 0.29) is 47.0 Å². The van der Waals surface area contributed by atoms with Crippen LogP contribution in [0.25, 0.3) is 11.1 Å². The molecule has 0 spiro atoms. The zero-order valence-corrected chi connectivity index (χ0v) is 18.0. The predicted molar refractivity (Wildman–Crippen MR) is 112 cm³/mol. The number of rotatable bonds is 9. The number of hydrogen-bond acceptors (Lipinski definition) is 5. The van der Waals surface area contributed by atoms with Crippen LogP contribution in [0, 0.1) is 5.82 Å². The first kappa shape index (κ1) is 24.0. The predicted octanol–water partition coefficient (Wildman–Crippen LogP) is 1.93. The van der Waals surface area contributed by atoms with Crippen LogP contribution in [-0.2, 0) is 31.0 Å². The van der Waals surface area contributed by atoms with E-state index in [4.69, 9.17) is 5.73 Å².